The number of amides is 2. The fourth-order valence-electron chi connectivity index (χ4n) is 2.73. The lowest BCUT2D eigenvalue weighted by Crippen LogP contribution is -2.30. The molecule has 6 nitrogen and oxygen atoms in total. The third-order valence-electron chi connectivity index (χ3n) is 4.10. The van der Waals surface area contributed by atoms with E-state index in [4.69, 9.17) is 0 Å². The summed E-state index contributed by atoms with van der Waals surface area (Å²) in [4.78, 5) is 26.2. The third-order valence-corrected chi connectivity index (χ3v) is 5.08. The molecule has 1 aromatic carbocycles. The van der Waals surface area contributed by atoms with Crippen molar-refractivity contribution in [3.63, 3.8) is 0 Å². The summed E-state index contributed by atoms with van der Waals surface area (Å²) in [7, 11) is 0. The Bertz CT molecular complexity index is 716. The number of hydrogen-bond donors (Lipinski definition) is 1. The fourth-order valence-corrected chi connectivity index (χ4v) is 3.41. The normalized spacial score (nSPS) is 17.3. The van der Waals surface area contributed by atoms with Crippen molar-refractivity contribution in [2.75, 3.05) is 18.4 Å². The van der Waals surface area contributed by atoms with Crippen LogP contribution in [0.4, 0.5) is 5.13 Å². The van der Waals surface area contributed by atoms with Crippen LogP contribution in [0.15, 0.2) is 30.3 Å². The number of carbonyl (C=O) groups is 2. The van der Waals surface area contributed by atoms with Crippen molar-refractivity contribution < 1.29 is 9.59 Å². The van der Waals surface area contributed by atoms with Crippen molar-refractivity contribution in [3.8, 4) is 0 Å². The van der Waals surface area contributed by atoms with Gasteiger partial charge in [0.05, 0.1) is 5.92 Å². The molecule has 0 radical (unpaired) electrons. The van der Waals surface area contributed by atoms with Crippen LogP contribution in [0.1, 0.15) is 23.9 Å². The van der Waals surface area contributed by atoms with E-state index < -0.39 is 0 Å². The van der Waals surface area contributed by atoms with Crippen molar-refractivity contribution in [2.45, 2.75) is 26.2 Å². The molecule has 0 spiro atoms. The summed E-state index contributed by atoms with van der Waals surface area (Å²) in [6.45, 7) is 3.11. The quantitative estimate of drug-likeness (QED) is 0.871. The second-order valence-corrected chi connectivity index (χ2v) is 6.88. The molecule has 1 atom stereocenters. The minimum Gasteiger partial charge on any atom is -0.342 e. The van der Waals surface area contributed by atoms with Gasteiger partial charge in [0.1, 0.15) is 5.01 Å². The van der Waals surface area contributed by atoms with Crippen LogP contribution >= 0.6 is 11.3 Å². The Morgan fingerprint density at radius 1 is 1.33 bits per heavy atom. The predicted octanol–water partition coefficient (Wildman–Crippen LogP) is 2.13. The number of nitrogens with one attached hydrogen (secondary N) is 1. The molecule has 0 aliphatic carbocycles. The molecule has 1 saturated heterocycles. The zero-order valence-electron chi connectivity index (χ0n) is 13.6. The molecule has 1 fully saturated rings. The first-order valence-corrected chi connectivity index (χ1v) is 8.92. The minimum absolute atomic E-state index is 0.0394. The molecule has 0 bridgehead atoms. The van der Waals surface area contributed by atoms with Crippen molar-refractivity contribution in [1.82, 2.24) is 15.1 Å². The molecule has 7 heteroatoms. The average molecular weight is 344 g/mol. The predicted molar refractivity (Wildman–Crippen MR) is 92.7 cm³/mol. The molecule has 2 heterocycles. The maximum atomic E-state index is 12.3. The topological polar surface area (TPSA) is 75.2 Å². The second kappa shape index (κ2) is 7.53. The van der Waals surface area contributed by atoms with Crippen LogP contribution in [-0.4, -0.2) is 40.0 Å². The maximum Gasteiger partial charge on any atom is 0.231 e. The van der Waals surface area contributed by atoms with Crippen LogP contribution in [-0.2, 0) is 22.4 Å². The van der Waals surface area contributed by atoms with Gasteiger partial charge in [0, 0.05) is 19.5 Å². The van der Waals surface area contributed by atoms with Gasteiger partial charge in [-0.05, 0) is 18.4 Å². The van der Waals surface area contributed by atoms with Crippen LogP contribution in [0, 0.1) is 5.92 Å². The summed E-state index contributed by atoms with van der Waals surface area (Å²) >= 11 is 1.38. The van der Waals surface area contributed by atoms with E-state index in [-0.39, 0.29) is 24.2 Å². The largest absolute Gasteiger partial charge is 0.342 e. The van der Waals surface area contributed by atoms with Gasteiger partial charge in [-0.2, -0.15) is 0 Å². The SMILES string of the molecule is CCc1nnc(NC(=O)[C@H]2CC(=O)N(CCc3ccccc3)C2)s1. The Morgan fingerprint density at radius 2 is 2.12 bits per heavy atom. The smallest absolute Gasteiger partial charge is 0.231 e. The molecule has 1 N–H and O–H groups in total. The van der Waals surface area contributed by atoms with Gasteiger partial charge >= 0.3 is 0 Å². The number of likely N-dealkylation sites (tertiary alicyclic amines) is 1. The van der Waals surface area contributed by atoms with E-state index in [2.05, 4.69) is 15.5 Å². The maximum absolute atomic E-state index is 12.3. The number of hydrogen-bond acceptors (Lipinski definition) is 5. The van der Waals surface area contributed by atoms with Crippen molar-refractivity contribution in [3.05, 3.63) is 40.9 Å². The number of benzene rings is 1. The molecule has 3 rings (SSSR count). The first-order chi connectivity index (χ1) is 11.7. The van der Waals surface area contributed by atoms with Crippen molar-refractivity contribution >= 4 is 28.3 Å². The molecular formula is C17H20N4O2S. The Balaban J connectivity index is 1.52. The monoisotopic (exact) mass is 344 g/mol. The Hall–Kier alpha value is -2.28. The van der Waals surface area contributed by atoms with Crippen molar-refractivity contribution in [2.24, 2.45) is 5.92 Å². The summed E-state index contributed by atoms with van der Waals surface area (Å²) in [5.74, 6) is -0.427. The van der Waals surface area contributed by atoms with Gasteiger partial charge in [0.2, 0.25) is 16.9 Å². The van der Waals surface area contributed by atoms with Gasteiger partial charge in [-0.1, -0.05) is 48.6 Å². The fraction of sp³-hybridized carbons (Fsp3) is 0.412. The summed E-state index contributed by atoms with van der Waals surface area (Å²) in [5, 5.41) is 12.1. The van der Waals surface area contributed by atoms with Gasteiger partial charge in [-0.25, -0.2) is 0 Å². The first-order valence-electron chi connectivity index (χ1n) is 8.10. The van der Waals surface area contributed by atoms with E-state index in [1.807, 2.05) is 37.3 Å². The Kier molecular flexibility index (Phi) is 5.20. The lowest BCUT2D eigenvalue weighted by Gasteiger charge is -2.16. The Labute approximate surface area is 144 Å². The second-order valence-electron chi connectivity index (χ2n) is 5.82. The van der Waals surface area contributed by atoms with Crippen LogP contribution in [0.5, 0.6) is 0 Å². The molecule has 126 valence electrons. The van der Waals surface area contributed by atoms with Crippen LogP contribution in [0.25, 0.3) is 0 Å². The lowest BCUT2D eigenvalue weighted by molar-refractivity contribution is -0.128. The van der Waals surface area contributed by atoms with Crippen LogP contribution in [0.2, 0.25) is 0 Å². The number of nitrogens with zero attached hydrogens (tertiary/aromatic N) is 3. The molecule has 1 aliphatic rings. The van der Waals surface area contributed by atoms with E-state index in [1.54, 1.807) is 4.90 Å². The molecule has 1 aromatic heterocycles. The highest BCUT2D eigenvalue weighted by Gasteiger charge is 2.34. The highest BCUT2D eigenvalue weighted by Crippen LogP contribution is 2.22. The first kappa shape index (κ1) is 16.6. The standard InChI is InChI=1S/C17H20N4O2S/c1-2-14-19-20-17(24-14)18-16(23)13-10-15(22)21(11-13)9-8-12-6-4-3-5-7-12/h3-7,13H,2,8-11H2,1H3,(H,18,20,23)/t13-/m0/s1. The lowest BCUT2D eigenvalue weighted by atomic mass is 10.1. The number of rotatable bonds is 6. The zero-order chi connectivity index (χ0) is 16.9. The highest BCUT2D eigenvalue weighted by molar-refractivity contribution is 7.15. The van der Waals surface area contributed by atoms with E-state index >= 15 is 0 Å². The van der Waals surface area contributed by atoms with Crippen molar-refractivity contribution in [1.29, 1.82) is 0 Å². The van der Waals surface area contributed by atoms with Crippen LogP contribution in [0.3, 0.4) is 0 Å². The summed E-state index contributed by atoms with van der Waals surface area (Å²) in [6.07, 6.45) is 1.86. The van der Waals surface area contributed by atoms with E-state index in [1.165, 1.54) is 16.9 Å². The van der Waals surface area contributed by atoms with Gasteiger partial charge in [-0.3, -0.25) is 9.59 Å². The van der Waals surface area contributed by atoms with Gasteiger partial charge in [-0.15, -0.1) is 10.2 Å². The molecule has 0 saturated carbocycles. The summed E-state index contributed by atoms with van der Waals surface area (Å²) in [6, 6.07) is 10.0. The molecule has 2 amide bonds. The summed E-state index contributed by atoms with van der Waals surface area (Å²) in [5.41, 5.74) is 1.19. The number of aromatic nitrogens is 2. The molecule has 24 heavy (non-hydrogen) atoms. The minimum atomic E-state index is -0.317. The molecule has 2 aromatic rings. The summed E-state index contributed by atoms with van der Waals surface area (Å²) < 4.78 is 0. The van der Waals surface area contributed by atoms with E-state index in [9.17, 15) is 9.59 Å². The number of anilines is 1. The van der Waals surface area contributed by atoms with Gasteiger partial charge in [0.15, 0.2) is 0 Å². The van der Waals surface area contributed by atoms with E-state index in [0.29, 0.717) is 18.2 Å². The number of carbonyl (C=O) groups excluding carboxylic acids is 2. The number of aryl methyl sites for hydroxylation is 1. The Morgan fingerprint density at radius 3 is 2.83 bits per heavy atom. The van der Waals surface area contributed by atoms with E-state index in [0.717, 1.165) is 17.8 Å². The highest BCUT2D eigenvalue weighted by atomic mass is 32.1. The van der Waals surface area contributed by atoms with Gasteiger partial charge in [0.25, 0.3) is 0 Å². The third kappa shape index (κ3) is 3.97. The van der Waals surface area contributed by atoms with Gasteiger partial charge < -0.3 is 10.2 Å². The molecule has 0 unspecified atom stereocenters. The molecule has 1 aliphatic heterocycles. The zero-order valence-corrected chi connectivity index (χ0v) is 14.4. The van der Waals surface area contributed by atoms with Crippen LogP contribution < -0.4 is 5.32 Å². The average Bonchev–Trinajstić information content (AvgIpc) is 3.20. The molecular weight excluding hydrogens is 324 g/mol.